The van der Waals surface area contributed by atoms with Crippen LogP contribution < -0.4 is 5.73 Å². The van der Waals surface area contributed by atoms with Crippen molar-refractivity contribution in [1.82, 2.24) is 4.90 Å². The van der Waals surface area contributed by atoms with Gasteiger partial charge in [-0.05, 0) is 30.5 Å². The Morgan fingerprint density at radius 3 is 2.79 bits per heavy atom. The molecular weight excluding hydrogens is 240 g/mol. The van der Waals surface area contributed by atoms with E-state index in [1.54, 1.807) is 0 Å². The third kappa shape index (κ3) is 2.59. The first-order valence-electron chi connectivity index (χ1n) is 6.87. The van der Waals surface area contributed by atoms with Gasteiger partial charge in [0.15, 0.2) is 0 Å². The van der Waals surface area contributed by atoms with Gasteiger partial charge in [-0.25, -0.2) is 0 Å². The summed E-state index contributed by atoms with van der Waals surface area (Å²) in [6, 6.07) is 7.55. The summed E-state index contributed by atoms with van der Waals surface area (Å²) < 4.78 is 5.49. The maximum Gasteiger partial charge on any atom is 0.227 e. The van der Waals surface area contributed by atoms with Gasteiger partial charge in [0.05, 0.1) is 13.0 Å². The Morgan fingerprint density at radius 1 is 1.32 bits per heavy atom. The summed E-state index contributed by atoms with van der Waals surface area (Å²) in [5.41, 5.74) is 7.66. The van der Waals surface area contributed by atoms with Crippen LogP contribution in [0.1, 0.15) is 18.4 Å². The van der Waals surface area contributed by atoms with Gasteiger partial charge in [0.1, 0.15) is 0 Å². The quantitative estimate of drug-likeness (QED) is 0.819. The van der Waals surface area contributed by atoms with Crippen LogP contribution in [0.25, 0.3) is 0 Å². The summed E-state index contributed by atoms with van der Waals surface area (Å²) in [7, 11) is 0. The number of nitrogens with zero attached hydrogens (tertiary/aromatic N) is 1. The third-order valence-corrected chi connectivity index (χ3v) is 4.31. The molecule has 0 radical (unpaired) electrons. The fraction of sp³-hybridized carbons (Fsp3) is 0.533. The number of benzene rings is 1. The number of likely N-dealkylation sites (tertiary alicyclic amines) is 1. The minimum atomic E-state index is 0.216. The lowest BCUT2D eigenvalue weighted by atomic mass is 9.87. The van der Waals surface area contributed by atoms with Crippen molar-refractivity contribution in [1.29, 1.82) is 0 Å². The van der Waals surface area contributed by atoms with Gasteiger partial charge in [0, 0.05) is 30.8 Å². The van der Waals surface area contributed by atoms with Crippen molar-refractivity contribution in [3.63, 3.8) is 0 Å². The second-order valence-corrected chi connectivity index (χ2v) is 5.79. The zero-order chi connectivity index (χ0) is 13.3. The average Bonchev–Trinajstić information content (AvgIpc) is 3.03. The molecule has 102 valence electrons. The highest BCUT2D eigenvalue weighted by Crippen LogP contribution is 2.38. The first kappa shape index (κ1) is 12.5. The summed E-state index contributed by atoms with van der Waals surface area (Å²) in [5, 5.41) is 0. The number of nitrogens with two attached hydrogens (primary N) is 1. The van der Waals surface area contributed by atoms with E-state index in [9.17, 15) is 4.79 Å². The number of ether oxygens (including phenoxy) is 1. The van der Waals surface area contributed by atoms with Crippen LogP contribution in [-0.4, -0.2) is 37.1 Å². The summed E-state index contributed by atoms with van der Waals surface area (Å²) in [5.74, 6) is 0.216. The molecule has 1 aromatic rings. The smallest absolute Gasteiger partial charge is 0.227 e. The molecule has 0 bridgehead atoms. The number of carbonyl (C=O) groups excluding carboxylic acids is 1. The Hall–Kier alpha value is -1.55. The van der Waals surface area contributed by atoms with E-state index in [-0.39, 0.29) is 11.3 Å². The molecule has 1 aromatic carbocycles. The Kier molecular flexibility index (Phi) is 3.19. The highest BCUT2D eigenvalue weighted by atomic mass is 16.5. The lowest BCUT2D eigenvalue weighted by Gasteiger charge is -2.22. The SMILES string of the molecule is Nc1ccc(CC(=O)N2CCC3(CCOC3)C2)cc1. The van der Waals surface area contributed by atoms with Crippen molar-refractivity contribution in [2.24, 2.45) is 5.41 Å². The summed E-state index contributed by atoms with van der Waals surface area (Å²) in [4.78, 5) is 14.3. The van der Waals surface area contributed by atoms with Gasteiger partial charge in [-0.2, -0.15) is 0 Å². The Labute approximate surface area is 113 Å². The molecule has 2 heterocycles. The molecular formula is C15H20N2O2. The minimum Gasteiger partial charge on any atom is -0.399 e. The molecule has 19 heavy (non-hydrogen) atoms. The van der Waals surface area contributed by atoms with Gasteiger partial charge in [-0.1, -0.05) is 12.1 Å². The molecule has 4 nitrogen and oxygen atoms in total. The van der Waals surface area contributed by atoms with E-state index in [0.717, 1.165) is 50.4 Å². The molecule has 2 saturated heterocycles. The monoisotopic (exact) mass is 260 g/mol. The van der Waals surface area contributed by atoms with E-state index >= 15 is 0 Å². The topological polar surface area (TPSA) is 55.6 Å². The summed E-state index contributed by atoms with van der Waals surface area (Å²) in [6.45, 7) is 3.40. The van der Waals surface area contributed by atoms with Gasteiger partial charge in [0.2, 0.25) is 5.91 Å². The number of carbonyl (C=O) groups is 1. The Morgan fingerprint density at radius 2 is 2.11 bits per heavy atom. The van der Waals surface area contributed by atoms with Crippen molar-refractivity contribution in [3.8, 4) is 0 Å². The van der Waals surface area contributed by atoms with Gasteiger partial charge < -0.3 is 15.4 Å². The van der Waals surface area contributed by atoms with Crippen LogP contribution in [0.2, 0.25) is 0 Å². The maximum absolute atomic E-state index is 12.3. The summed E-state index contributed by atoms with van der Waals surface area (Å²) in [6.07, 6.45) is 2.65. The predicted octanol–water partition coefficient (Wildman–Crippen LogP) is 1.45. The predicted molar refractivity (Wildman–Crippen MR) is 73.6 cm³/mol. The van der Waals surface area contributed by atoms with E-state index in [1.807, 2.05) is 29.2 Å². The van der Waals surface area contributed by atoms with Crippen LogP contribution in [0, 0.1) is 5.41 Å². The second-order valence-electron chi connectivity index (χ2n) is 5.79. The number of rotatable bonds is 2. The number of anilines is 1. The van der Waals surface area contributed by atoms with Crippen molar-refractivity contribution in [2.45, 2.75) is 19.3 Å². The summed E-state index contributed by atoms with van der Waals surface area (Å²) >= 11 is 0. The lowest BCUT2D eigenvalue weighted by Crippen LogP contribution is -2.33. The number of hydrogen-bond acceptors (Lipinski definition) is 3. The molecule has 4 heteroatoms. The molecule has 2 N–H and O–H groups in total. The van der Waals surface area contributed by atoms with E-state index in [1.165, 1.54) is 0 Å². The van der Waals surface area contributed by atoms with E-state index in [0.29, 0.717) is 6.42 Å². The Bertz CT molecular complexity index is 464. The van der Waals surface area contributed by atoms with Crippen molar-refractivity contribution >= 4 is 11.6 Å². The highest BCUT2D eigenvalue weighted by Gasteiger charge is 2.42. The van der Waals surface area contributed by atoms with Gasteiger partial charge >= 0.3 is 0 Å². The average molecular weight is 260 g/mol. The van der Waals surface area contributed by atoms with E-state index < -0.39 is 0 Å². The third-order valence-electron chi connectivity index (χ3n) is 4.31. The highest BCUT2D eigenvalue weighted by molar-refractivity contribution is 5.79. The molecule has 2 aliphatic heterocycles. The second kappa shape index (κ2) is 4.85. The molecule has 1 spiro atoms. The fourth-order valence-corrected chi connectivity index (χ4v) is 3.04. The molecule has 1 amide bonds. The molecule has 0 aromatic heterocycles. The zero-order valence-corrected chi connectivity index (χ0v) is 11.1. The van der Waals surface area contributed by atoms with Crippen molar-refractivity contribution in [3.05, 3.63) is 29.8 Å². The van der Waals surface area contributed by atoms with Crippen molar-refractivity contribution < 1.29 is 9.53 Å². The van der Waals surface area contributed by atoms with E-state index in [4.69, 9.17) is 10.5 Å². The zero-order valence-electron chi connectivity index (χ0n) is 11.1. The van der Waals surface area contributed by atoms with Gasteiger partial charge in [0.25, 0.3) is 0 Å². The number of hydrogen-bond donors (Lipinski definition) is 1. The maximum atomic E-state index is 12.3. The first-order valence-corrected chi connectivity index (χ1v) is 6.87. The van der Waals surface area contributed by atoms with Gasteiger partial charge in [-0.15, -0.1) is 0 Å². The van der Waals surface area contributed by atoms with Crippen LogP contribution in [0.15, 0.2) is 24.3 Å². The molecule has 1 unspecified atom stereocenters. The Balaban J connectivity index is 1.61. The molecule has 3 rings (SSSR count). The van der Waals surface area contributed by atoms with Crippen LogP contribution in [0.3, 0.4) is 0 Å². The number of nitrogen functional groups attached to an aromatic ring is 1. The van der Waals surface area contributed by atoms with Crippen LogP contribution >= 0.6 is 0 Å². The molecule has 0 aliphatic carbocycles. The molecule has 2 aliphatic rings. The minimum absolute atomic E-state index is 0.216. The normalized spacial score (nSPS) is 26.2. The van der Waals surface area contributed by atoms with Crippen LogP contribution in [-0.2, 0) is 16.0 Å². The fourth-order valence-electron chi connectivity index (χ4n) is 3.04. The van der Waals surface area contributed by atoms with E-state index in [2.05, 4.69) is 0 Å². The van der Waals surface area contributed by atoms with Crippen LogP contribution in [0.4, 0.5) is 5.69 Å². The lowest BCUT2D eigenvalue weighted by molar-refractivity contribution is -0.129. The van der Waals surface area contributed by atoms with Crippen LogP contribution in [0.5, 0.6) is 0 Å². The largest absolute Gasteiger partial charge is 0.399 e. The number of amides is 1. The molecule has 0 saturated carbocycles. The first-order chi connectivity index (χ1) is 9.17. The van der Waals surface area contributed by atoms with Gasteiger partial charge in [-0.3, -0.25) is 4.79 Å². The molecule has 2 fully saturated rings. The standard InChI is InChI=1S/C15H20N2O2/c16-13-3-1-12(2-4-13)9-14(18)17-7-5-15(10-17)6-8-19-11-15/h1-4H,5-11,16H2. The van der Waals surface area contributed by atoms with Crippen molar-refractivity contribution in [2.75, 3.05) is 32.0 Å². The molecule has 1 atom stereocenters.